The van der Waals surface area contributed by atoms with Crippen molar-refractivity contribution in [1.29, 1.82) is 0 Å². The minimum Gasteiger partial charge on any atom is -0.411 e. The van der Waals surface area contributed by atoms with Crippen molar-refractivity contribution in [2.24, 2.45) is 5.16 Å². The summed E-state index contributed by atoms with van der Waals surface area (Å²) in [6, 6.07) is 13.9. The molecule has 0 amide bonds. The third-order valence-electron chi connectivity index (χ3n) is 4.95. The maximum atomic E-state index is 13.5. The number of aromatic nitrogens is 4. The van der Waals surface area contributed by atoms with E-state index in [0.29, 0.717) is 16.8 Å². The summed E-state index contributed by atoms with van der Waals surface area (Å²) in [7, 11) is 0. The van der Waals surface area contributed by atoms with Gasteiger partial charge in [0.05, 0.1) is 34.0 Å². The van der Waals surface area contributed by atoms with E-state index in [9.17, 15) is 14.4 Å². The van der Waals surface area contributed by atoms with Crippen molar-refractivity contribution in [3.05, 3.63) is 93.2 Å². The van der Waals surface area contributed by atoms with Gasteiger partial charge in [0, 0.05) is 6.42 Å². The van der Waals surface area contributed by atoms with Crippen LogP contribution in [0.15, 0.2) is 69.0 Å². The van der Waals surface area contributed by atoms with Crippen LogP contribution in [0, 0.1) is 12.7 Å². The van der Waals surface area contributed by atoms with E-state index < -0.39 is 5.82 Å². The number of Topliss-reactive ketones (excluding diaryl/α,β-unsaturated/α-hetero) is 1. The van der Waals surface area contributed by atoms with Crippen LogP contribution in [0.2, 0.25) is 0 Å². The molecule has 4 aromatic rings. The van der Waals surface area contributed by atoms with Gasteiger partial charge in [-0.3, -0.25) is 4.79 Å². The number of carbonyl (C=O) groups excluding carboxylic acids is 1. The van der Waals surface area contributed by atoms with E-state index in [2.05, 4.69) is 36.5 Å². The Morgan fingerprint density at radius 1 is 1.19 bits per heavy atom. The number of hydrogen-bond donors (Lipinski definition) is 1. The number of halogens is 2. The summed E-state index contributed by atoms with van der Waals surface area (Å²) in [6.07, 6.45) is 1.52. The number of oxime groups is 1. The van der Waals surface area contributed by atoms with Crippen LogP contribution in [0.4, 0.5) is 4.39 Å². The molecule has 0 saturated heterocycles. The molecule has 0 radical (unpaired) electrons. The molecule has 0 aliphatic heterocycles. The molecule has 0 saturated carbocycles. The zero-order chi connectivity index (χ0) is 22.7. The number of benzene rings is 2. The average Bonchev–Trinajstić information content (AvgIpc) is 3.41. The molecule has 0 bridgehead atoms. The Hall–Kier alpha value is -3.66. The van der Waals surface area contributed by atoms with Gasteiger partial charge in [-0.15, -0.1) is 0 Å². The SMILES string of the molecule is Cc1c(C(=O)Cc2nonc2/C(Cc2ccc(F)c(Br)c2)=N/O)cnn1-c1ccccc1. The molecular formula is C22H17BrFN5O3. The molecule has 162 valence electrons. The lowest BCUT2D eigenvalue weighted by Crippen LogP contribution is -2.13. The van der Waals surface area contributed by atoms with Crippen LogP contribution in [-0.4, -0.2) is 36.8 Å². The van der Waals surface area contributed by atoms with Crippen LogP contribution < -0.4 is 0 Å². The number of para-hydroxylation sites is 1. The zero-order valence-electron chi connectivity index (χ0n) is 16.9. The molecule has 2 aromatic heterocycles. The van der Waals surface area contributed by atoms with Gasteiger partial charge < -0.3 is 5.21 Å². The molecule has 10 heteroatoms. The van der Waals surface area contributed by atoms with E-state index in [0.717, 1.165) is 5.69 Å². The minimum absolute atomic E-state index is 0.119. The number of carbonyl (C=O) groups is 1. The number of rotatable bonds is 7. The third kappa shape index (κ3) is 4.35. The van der Waals surface area contributed by atoms with Crippen molar-refractivity contribution < 1.29 is 19.0 Å². The molecule has 4 rings (SSSR count). The monoisotopic (exact) mass is 497 g/mol. The smallest absolute Gasteiger partial charge is 0.172 e. The van der Waals surface area contributed by atoms with Crippen molar-refractivity contribution in [3.63, 3.8) is 0 Å². The minimum atomic E-state index is -0.406. The lowest BCUT2D eigenvalue weighted by Gasteiger charge is -2.06. The van der Waals surface area contributed by atoms with E-state index in [1.54, 1.807) is 16.8 Å². The normalized spacial score (nSPS) is 11.7. The Morgan fingerprint density at radius 2 is 1.97 bits per heavy atom. The summed E-state index contributed by atoms with van der Waals surface area (Å²) < 4.78 is 20.3. The number of hydrogen-bond acceptors (Lipinski definition) is 7. The summed E-state index contributed by atoms with van der Waals surface area (Å²) in [5.41, 5.74) is 3.17. The molecule has 0 spiro atoms. The van der Waals surface area contributed by atoms with Crippen molar-refractivity contribution in [2.45, 2.75) is 19.8 Å². The van der Waals surface area contributed by atoms with Gasteiger partial charge in [-0.2, -0.15) is 5.10 Å². The van der Waals surface area contributed by atoms with Crippen LogP contribution in [-0.2, 0) is 12.8 Å². The Bertz CT molecular complexity index is 1300. The summed E-state index contributed by atoms with van der Waals surface area (Å²) >= 11 is 3.13. The van der Waals surface area contributed by atoms with Crippen molar-refractivity contribution in [1.82, 2.24) is 20.1 Å². The second-order valence-corrected chi connectivity index (χ2v) is 7.88. The molecule has 0 atom stereocenters. The first kappa shape index (κ1) is 21.6. The Kier molecular flexibility index (Phi) is 6.22. The zero-order valence-corrected chi connectivity index (χ0v) is 18.5. The van der Waals surface area contributed by atoms with Gasteiger partial charge in [0.2, 0.25) is 0 Å². The molecule has 0 unspecified atom stereocenters. The van der Waals surface area contributed by atoms with Gasteiger partial charge in [0.25, 0.3) is 0 Å². The van der Waals surface area contributed by atoms with E-state index in [4.69, 9.17) is 4.63 Å². The predicted octanol–water partition coefficient (Wildman–Crippen LogP) is 4.31. The largest absolute Gasteiger partial charge is 0.411 e. The molecule has 8 nitrogen and oxygen atoms in total. The van der Waals surface area contributed by atoms with Gasteiger partial charge >= 0.3 is 0 Å². The van der Waals surface area contributed by atoms with Crippen LogP contribution in [0.3, 0.4) is 0 Å². The highest BCUT2D eigenvalue weighted by Crippen LogP contribution is 2.20. The second-order valence-electron chi connectivity index (χ2n) is 7.02. The molecule has 0 aliphatic rings. The summed E-state index contributed by atoms with van der Waals surface area (Å²) in [5, 5.41) is 24.8. The van der Waals surface area contributed by atoms with Crippen molar-refractivity contribution >= 4 is 27.4 Å². The first-order valence-electron chi connectivity index (χ1n) is 9.58. The molecule has 0 fully saturated rings. The summed E-state index contributed by atoms with van der Waals surface area (Å²) in [6.45, 7) is 1.81. The molecule has 2 heterocycles. The maximum Gasteiger partial charge on any atom is 0.172 e. The Labute approximate surface area is 190 Å². The predicted molar refractivity (Wildman–Crippen MR) is 117 cm³/mol. The van der Waals surface area contributed by atoms with E-state index in [1.165, 1.54) is 12.3 Å². The van der Waals surface area contributed by atoms with Crippen LogP contribution >= 0.6 is 15.9 Å². The van der Waals surface area contributed by atoms with Crippen molar-refractivity contribution in [3.8, 4) is 5.69 Å². The fourth-order valence-electron chi connectivity index (χ4n) is 3.31. The van der Waals surface area contributed by atoms with Crippen molar-refractivity contribution in [2.75, 3.05) is 0 Å². The van der Waals surface area contributed by atoms with Gasteiger partial charge in [0.15, 0.2) is 11.5 Å². The standard InChI is InChI=1S/C22H17BrFN5O3/c1-13-16(12-25-29(13)15-5-3-2-4-6-15)21(30)11-20-22(28-32-27-20)19(26-31)10-14-7-8-18(24)17(23)9-14/h2-9,12,31H,10-11H2,1H3/b26-19+. The summed E-state index contributed by atoms with van der Waals surface area (Å²) in [5.74, 6) is -0.638. The van der Waals surface area contributed by atoms with Gasteiger partial charge in [-0.1, -0.05) is 34.6 Å². The average molecular weight is 498 g/mol. The fourth-order valence-corrected chi connectivity index (χ4v) is 3.74. The van der Waals surface area contributed by atoms with Gasteiger partial charge in [0.1, 0.15) is 17.2 Å². The van der Waals surface area contributed by atoms with Crippen LogP contribution in [0.5, 0.6) is 0 Å². The van der Waals surface area contributed by atoms with E-state index >= 15 is 0 Å². The van der Waals surface area contributed by atoms with Crippen LogP contribution in [0.1, 0.15) is 33.0 Å². The lowest BCUT2D eigenvalue weighted by molar-refractivity contribution is 0.0990. The molecule has 0 aliphatic carbocycles. The van der Waals surface area contributed by atoms with Gasteiger partial charge in [-0.25, -0.2) is 13.7 Å². The lowest BCUT2D eigenvalue weighted by atomic mass is 10.0. The highest BCUT2D eigenvalue weighted by atomic mass is 79.9. The quantitative estimate of drug-likeness (QED) is 0.176. The topological polar surface area (TPSA) is 106 Å². The summed E-state index contributed by atoms with van der Waals surface area (Å²) in [4.78, 5) is 13.0. The van der Waals surface area contributed by atoms with Crippen LogP contribution in [0.25, 0.3) is 5.69 Å². The highest BCUT2D eigenvalue weighted by molar-refractivity contribution is 9.10. The number of nitrogens with zero attached hydrogens (tertiary/aromatic N) is 5. The highest BCUT2D eigenvalue weighted by Gasteiger charge is 2.23. The first-order chi connectivity index (χ1) is 15.5. The Morgan fingerprint density at radius 3 is 2.69 bits per heavy atom. The number of ketones is 1. The molecule has 32 heavy (non-hydrogen) atoms. The first-order valence-corrected chi connectivity index (χ1v) is 10.4. The Balaban J connectivity index is 1.55. The van der Waals surface area contributed by atoms with Gasteiger partial charge in [-0.05, 0) is 57.8 Å². The third-order valence-corrected chi connectivity index (χ3v) is 5.55. The van der Waals surface area contributed by atoms with E-state index in [-0.39, 0.29) is 40.2 Å². The fraction of sp³-hybridized carbons (Fsp3) is 0.136. The van der Waals surface area contributed by atoms with E-state index in [1.807, 2.05) is 37.3 Å². The molecule has 1 N–H and O–H groups in total. The maximum absolute atomic E-state index is 13.5. The second kappa shape index (κ2) is 9.23. The molecule has 2 aromatic carbocycles. The molecular weight excluding hydrogens is 481 g/mol.